The number of hydrogen-bond donors (Lipinski definition) is 2. The van der Waals surface area contributed by atoms with Gasteiger partial charge in [0.15, 0.2) is 0 Å². The first-order chi connectivity index (χ1) is 7.75. The number of rotatable bonds is 3. The number of nitrogens with one attached hydrogen (secondary N) is 1. The molecule has 1 aliphatic rings. The van der Waals surface area contributed by atoms with E-state index in [1.165, 1.54) is 12.8 Å². The molecule has 86 valence electrons. The number of hydrogen-bond acceptors (Lipinski definition) is 2. The third kappa shape index (κ3) is 3.00. The molecule has 0 amide bonds. The van der Waals surface area contributed by atoms with Crippen LogP contribution in [-0.2, 0) is 6.54 Å². The Balaban J connectivity index is 1.95. The summed E-state index contributed by atoms with van der Waals surface area (Å²) < 4.78 is 0. The highest BCUT2D eigenvalue weighted by molar-refractivity contribution is 6.30. The fourth-order valence-corrected chi connectivity index (χ4v) is 2.11. The summed E-state index contributed by atoms with van der Waals surface area (Å²) in [5.41, 5.74) is 0.853. The highest BCUT2D eigenvalue weighted by Gasteiger charge is 2.09. The first kappa shape index (κ1) is 11.5. The monoisotopic (exact) mass is 237 g/mol. The first-order valence-corrected chi connectivity index (χ1v) is 6.01. The second-order valence-electron chi connectivity index (χ2n) is 4.12. The van der Waals surface area contributed by atoms with Gasteiger partial charge >= 0.3 is 0 Å². The van der Waals surface area contributed by atoms with E-state index in [9.17, 15) is 5.11 Å². The van der Waals surface area contributed by atoms with Crippen molar-refractivity contribution in [3.63, 3.8) is 0 Å². The Kier molecular flexibility index (Phi) is 3.86. The Labute approximate surface area is 101 Å². The number of halogens is 1. The highest BCUT2D eigenvalue weighted by atomic mass is 35.5. The van der Waals surface area contributed by atoms with Crippen LogP contribution in [0.3, 0.4) is 0 Å². The minimum atomic E-state index is 0.302. The van der Waals surface area contributed by atoms with Crippen LogP contribution in [0.4, 0.5) is 0 Å². The average Bonchev–Trinajstić information content (AvgIpc) is 2.32. The molecule has 2 nitrogen and oxygen atoms in total. The summed E-state index contributed by atoms with van der Waals surface area (Å²) in [6.45, 7) is 0.654. The average molecular weight is 238 g/mol. The predicted octanol–water partition coefficient (Wildman–Crippen LogP) is 3.24. The molecule has 1 atom stereocenters. The Hall–Kier alpha value is -0.990. The van der Waals surface area contributed by atoms with Crippen molar-refractivity contribution in [1.29, 1.82) is 0 Å². The summed E-state index contributed by atoms with van der Waals surface area (Å²) in [5.74, 6) is 0.302. The van der Waals surface area contributed by atoms with Crippen molar-refractivity contribution in [3.05, 3.63) is 40.9 Å². The molecule has 0 fully saturated rings. The van der Waals surface area contributed by atoms with Crippen LogP contribution >= 0.6 is 11.6 Å². The molecule has 0 spiro atoms. The van der Waals surface area contributed by atoms with Crippen LogP contribution in [-0.4, -0.2) is 11.1 Å². The second kappa shape index (κ2) is 5.37. The largest absolute Gasteiger partial charge is 0.508 e. The topological polar surface area (TPSA) is 32.3 Å². The molecule has 0 aromatic heterocycles. The quantitative estimate of drug-likeness (QED) is 0.791. The molecule has 0 bridgehead atoms. The van der Waals surface area contributed by atoms with E-state index in [1.807, 2.05) is 0 Å². The van der Waals surface area contributed by atoms with Crippen LogP contribution in [0, 0.1) is 0 Å². The van der Waals surface area contributed by atoms with E-state index in [2.05, 4.69) is 17.5 Å². The minimum Gasteiger partial charge on any atom is -0.508 e. The van der Waals surface area contributed by atoms with Gasteiger partial charge in [-0.25, -0.2) is 0 Å². The maximum atomic E-state index is 9.65. The van der Waals surface area contributed by atoms with Gasteiger partial charge in [-0.05, 0) is 37.5 Å². The van der Waals surface area contributed by atoms with Gasteiger partial charge in [0.2, 0.25) is 0 Å². The highest BCUT2D eigenvalue weighted by Crippen LogP contribution is 2.21. The van der Waals surface area contributed by atoms with E-state index in [1.54, 1.807) is 18.2 Å². The zero-order valence-electron chi connectivity index (χ0n) is 9.12. The molecule has 3 heteroatoms. The van der Waals surface area contributed by atoms with Crippen LogP contribution in [0.5, 0.6) is 5.75 Å². The Morgan fingerprint density at radius 3 is 3.06 bits per heavy atom. The van der Waals surface area contributed by atoms with Crippen molar-refractivity contribution in [2.45, 2.75) is 31.8 Å². The van der Waals surface area contributed by atoms with Crippen LogP contribution in [0.2, 0.25) is 5.02 Å². The molecule has 16 heavy (non-hydrogen) atoms. The van der Waals surface area contributed by atoms with Gasteiger partial charge in [-0.3, -0.25) is 0 Å². The van der Waals surface area contributed by atoms with E-state index in [0.717, 1.165) is 12.0 Å². The lowest BCUT2D eigenvalue weighted by atomic mass is 10.0. The van der Waals surface area contributed by atoms with Gasteiger partial charge in [0.1, 0.15) is 5.75 Å². The van der Waals surface area contributed by atoms with E-state index < -0.39 is 0 Å². The zero-order chi connectivity index (χ0) is 11.4. The van der Waals surface area contributed by atoms with E-state index in [0.29, 0.717) is 23.4 Å². The number of phenols is 1. The van der Waals surface area contributed by atoms with Crippen LogP contribution in [0.1, 0.15) is 24.8 Å². The Morgan fingerprint density at radius 2 is 2.31 bits per heavy atom. The molecule has 0 saturated heterocycles. The molecule has 0 saturated carbocycles. The van der Waals surface area contributed by atoms with Crippen LogP contribution in [0.15, 0.2) is 30.4 Å². The molecule has 0 radical (unpaired) electrons. The maximum Gasteiger partial charge on any atom is 0.120 e. The van der Waals surface area contributed by atoms with Gasteiger partial charge in [-0.2, -0.15) is 0 Å². The van der Waals surface area contributed by atoms with Crippen molar-refractivity contribution < 1.29 is 5.11 Å². The zero-order valence-corrected chi connectivity index (χ0v) is 9.87. The van der Waals surface area contributed by atoms with Crippen molar-refractivity contribution in [2.24, 2.45) is 0 Å². The Bertz CT molecular complexity index is 390. The van der Waals surface area contributed by atoms with Crippen LogP contribution < -0.4 is 5.32 Å². The van der Waals surface area contributed by atoms with Gasteiger partial charge in [-0.15, -0.1) is 0 Å². The molecule has 1 unspecified atom stereocenters. The lowest BCUT2D eigenvalue weighted by molar-refractivity contribution is 0.457. The van der Waals surface area contributed by atoms with Crippen molar-refractivity contribution >= 4 is 11.6 Å². The van der Waals surface area contributed by atoms with Crippen molar-refractivity contribution in [1.82, 2.24) is 5.32 Å². The van der Waals surface area contributed by atoms with Gasteiger partial charge in [-0.1, -0.05) is 23.8 Å². The van der Waals surface area contributed by atoms with E-state index >= 15 is 0 Å². The van der Waals surface area contributed by atoms with Gasteiger partial charge in [0, 0.05) is 23.2 Å². The second-order valence-corrected chi connectivity index (χ2v) is 4.56. The van der Waals surface area contributed by atoms with E-state index in [-0.39, 0.29) is 0 Å². The summed E-state index contributed by atoms with van der Waals surface area (Å²) in [7, 11) is 0. The first-order valence-electron chi connectivity index (χ1n) is 5.63. The number of benzene rings is 1. The molecular weight excluding hydrogens is 222 g/mol. The number of allylic oxidation sites excluding steroid dienone is 1. The predicted molar refractivity (Wildman–Crippen MR) is 66.7 cm³/mol. The third-order valence-corrected chi connectivity index (χ3v) is 3.09. The SMILES string of the molecule is Oc1ccc(Cl)cc1CNC1C=CCCC1. The normalized spacial score (nSPS) is 19.9. The molecule has 2 N–H and O–H groups in total. The molecule has 1 aromatic carbocycles. The van der Waals surface area contributed by atoms with Gasteiger partial charge in [0.05, 0.1) is 0 Å². The molecule has 2 rings (SSSR count). The van der Waals surface area contributed by atoms with Crippen molar-refractivity contribution in [3.8, 4) is 5.75 Å². The molecular formula is C13H16ClNO. The minimum absolute atomic E-state index is 0.302. The van der Waals surface area contributed by atoms with Crippen LogP contribution in [0.25, 0.3) is 0 Å². The number of phenolic OH excluding ortho intramolecular Hbond substituents is 1. The molecule has 1 aliphatic carbocycles. The van der Waals surface area contributed by atoms with Gasteiger partial charge < -0.3 is 10.4 Å². The Morgan fingerprint density at radius 1 is 1.44 bits per heavy atom. The lowest BCUT2D eigenvalue weighted by Crippen LogP contribution is -2.27. The summed E-state index contributed by atoms with van der Waals surface area (Å²) in [6, 6.07) is 5.56. The molecule has 0 aliphatic heterocycles. The third-order valence-electron chi connectivity index (χ3n) is 2.85. The maximum absolute atomic E-state index is 9.65. The lowest BCUT2D eigenvalue weighted by Gasteiger charge is -2.18. The van der Waals surface area contributed by atoms with Gasteiger partial charge in [0.25, 0.3) is 0 Å². The fourth-order valence-electron chi connectivity index (χ4n) is 1.92. The smallest absolute Gasteiger partial charge is 0.120 e. The summed E-state index contributed by atoms with van der Waals surface area (Å²) in [4.78, 5) is 0. The fraction of sp³-hybridized carbons (Fsp3) is 0.385. The van der Waals surface area contributed by atoms with Crippen molar-refractivity contribution in [2.75, 3.05) is 0 Å². The molecule has 1 aromatic rings. The molecule has 0 heterocycles. The standard InChI is InChI=1S/C13H16ClNO/c14-11-6-7-13(16)10(8-11)9-15-12-4-2-1-3-5-12/h2,4,6-8,12,15-16H,1,3,5,9H2. The van der Waals surface area contributed by atoms with E-state index in [4.69, 9.17) is 11.6 Å². The summed E-state index contributed by atoms with van der Waals surface area (Å²) in [6.07, 6.45) is 7.98. The summed E-state index contributed by atoms with van der Waals surface area (Å²) in [5, 5.41) is 13.7. The summed E-state index contributed by atoms with van der Waals surface area (Å²) >= 11 is 5.89. The number of aromatic hydroxyl groups is 1.